The first kappa shape index (κ1) is 20.3. The van der Waals surface area contributed by atoms with Crippen LogP contribution in [0.2, 0.25) is 0 Å². The van der Waals surface area contributed by atoms with Crippen molar-refractivity contribution >= 4 is 5.91 Å². The van der Waals surface area contributed by atoms with Crippen molar-refractivity contribution in [2.24, 2.45) is 7.05 Å². The molecule has 0 spiro atoms. The molecular formula is C24H23N5O2. The molecule has 31 heavy (non-hydrogen) atoms. The number of ether oxygens (including phenoxy) is 1. The van der Waals surface area contributed by atoms with Gasteiger partial charge >= 0.3 is 0 Å². The van der Waals surface area contributed by atoms with Crippen LogP contribution in [0.4, 0.5) is 0 Å². The molecule has 0 fully saturated rings. The summed E-state index contributed by atoms with van der Waals surface area (Å²) in [5.74, 6) is 0.574. The molecule has 0 saturated carbocycles. The molecule has 0 saturated heterocycles. The van der Waals surface area contributed by atoms with Crippen LogP contribution in [-0.2, 0) is 13.6 Å². The van der Waals surface area contributed by atoms with E-state index in [1.807, 2.05) is 61.5 Å². The number of aryl methyl sites for hydroxylation is 2. The first-order valence-electron chi connectivity index (χ1n) is 9.88. The molecule has 2 heterocycles. The van der Waals surface area contributed by atoms with Crippen LogP contribution in [0.15, 0.2) is 67.0 Å². The van der Waals surface area contributed by atoms with Crippen LogP contribution < -0.4 is 10.1 Å². The fraction of sp³-hybridized carbons (Fsp3) is 0.167. The van der Waals surface area contributed by atoms with Gasteiger partial charge in [-0.25, -0.2) is 9.97 Å². The first-order chi connectivity index (χ1) is 15.0. The molecule has 0 aliphatic heterocycles. The van der Waals surface area contributed by atoms with Gasteiger partial charge in [0, 0.05) is 18.2 Å². The lowest BCUT2D eigenvalue weighted by molar-refractivity contribution is 0.0941. The summed E-state index contributed by atoms with van der Waals surface area (Å²) in [4.78, 5) is 21.3. The highest BCUT2D eigenvalue weighted by molar-refractivity contribution is 5.93. The van der Waals surface area contributed by atoms with Crippen LogP contribution >= 0.6 is 0 Å². The van der Waals surface area contributed by atoms with E-state index in [0.29, 0.717) is 5.69 Å². The van der Waals surface area contributed by atoms with E-state index in [0.717, 1.165) is 34.0 Å². The molecule has 0 aliphatic rings. The Hall–Kier alpha value is -4.00. The Morgan fingerprint density at radius 3 is 2.35 bits per heavy atom. The van der Waals surface area contributed by atoms with Crippen LogP contribution in [0.3, 0.4) is 0 Å². The van der Waals surface area contributed by atoms with Crippen molar-refractivity contribution in [1.29, 1.82) is 0 Å². The summed E-state index contributed by atoms with van der Waals surface area (Å²) in [6.07, 6.45) is 1.50. The molecule has 4 rings (SSSR count). The molecule has 7 heteroatoms. The highest BCUT2D eigenvalue weighted by Crippen LogP contribution is 2.21. The number of nitrogens with one attached hydrogen (secondary N) is 1. The molecule has 1 N–H and O–H groups in total. The number of hydrogen-bond acceptors (Lipinski definition) is 5. The summed E-state index contributed by atoms with van der Waals surface area (Å²) in [6, 6.07) is 19.4. The summed E-state index contributed by atoms with van der Waals surface area (Å²) >= 11 is 0. The average Bonchev–Trinajstić information content (AvgIpc) is 3.20. The fourth-order valence-corrected chi connectivity index (χ4v) is 3.22. The fourth-order valence-electron chi connectivity index (χ4n) is 3.22. The zero-order valence-electron chi connectivity index (χ0n) is 17.7. The van der Waals surface area contributed by atoms with Gasteiger partial charge in [0.2, 0.25) is 0 Å². The topological polar surface area (TPSA) is 81.9 Å². The molecule has 156 valence electrons. The molecule has 0 radical (unpaired) electrons. The lowest BCUT2D eigenvalue weighted by atomic mass is 10.1. The minimum Gasteiger partial charge on any atom is -0.497 e. The second-order valence-electron chi connectivity index (χ2n) is 7.21. The van der Waals surface area contributed by atoms with Gasteiger partial charge in [-0.05, 0) is 43.3 Å². The molecule has 0 aliphatic carbocycles. The van der Waals surface area contributed by atoms with Gasteiger partial charge in [-0.1, -0.05) is 29.8 Å². The van der Waals surface area contributed by atoms with Crippen LogP contribution in [0.25, 0.3) is 22.5 Å². The number of hydrogen-bond donors (Lipinski definition) is 1. The van der Waals surface area contributed by atoms with Crippen molar-refractivity contribution < 1.29 is 9.53 Å². The van der Waals surface area contributed by atoms with Crippen LogP contribution in [0.5, 0.6) is 5.75 Å². The Bertz CT molecular complexity index is 1200. The van der Waals surface area contributed by atoms with Crippen molar-refractivity contribution in [2.75, 3.05) is 7.11 Å². The normalized spacial score (nSPS) is 10.7. The third-order valence-electron chi connectivity index (χ3n) is 5.00. The molecule has 2 aromatic carbocycles. The van der Waals surface area contributed by atoms with E-state index in [1.165, 1.54) is 11.9 Å². The Balaban J connectivity index is 1.46. The van der Waals surface area contributed by atoms with Crippen molar-refractivity contribution in [3.05, 3.63) is 83.9 Å². The van der Waals surface area contributed by atoms with Crippen LogP contribution in [0.1, 0.15) is 21.7 Å². The van der Waals surface area contributed by atoms with E-state index >= 15 is 0 Å². The number of rotatable bonds is 6. The maximum Gasteiger partial charge on any atom is 0.269 e. The predicted molar refractivity (Wildman–Crippen MR) is 119 cm³/mol. The zero-order valence-corrected chi connectivity index (χ0v) is 17.7. The average molecular weight is 413 g/mol. The standard InChI is InChI=1S/C24H23N5O2/c1-16-4-6-18(7-5-16)22-13-23(29(2)28-22)24(30)25-14-19-12-21(27-15-26-19)17-8-10-20(31-3)11-9-17/h4-13,15H,14H2,1-3H3,(H,25,30). The highest BCUT2D eigenvalue weighted by Gasteiger charge is 2.14. The minimum atomic E-state index is -0.210. The third-order valence-corrected chi connectivity index (χ3v) is 5.00. The van der Waals surface area contributed by atoms with E-state index < -0.39 is 0 Å². The van der Waals surface area contributed by atoms with E-state index in [1.54, 1.807) is 24.9 Å². The molecule has 2 aromatic heterocycles. The number of amides is 1. The van der Waals surface area contributed by atoms with Gasteiger partial charge in [0.15, 0.2) is 0 Å². The van der Waals surface area contributed by atoms with Crippen molar-refractivity contribution in [1.82, 2.24) is 25.1 Å². The van der Waals surface area contributed by atoms with E-state index in [9.17, 15) is 4.79 Å². The highest BCUT2D eigenvalue weighted by atomic mass is 16.5. The summed E-state index contributed by atoms with van der Waals surface area (Å²) in [6.45, 7) is 2.32. The Kier molecular flexibility index (Phi) is 5.75. The Morgan fingerprint density at radius 1 is 0.968 bits per heavy atom. The van der Waals surface area contributed by atoms with E-state index in [-0.39, 0.29) is 12.5 Å². The zero-order chi connectivity index (χ0) is 21.8. The summed E-state index contributed by atoms with van der Waals surface area (Å²) in [7, 11) is 3.39. The van der Waals surface area contributed by atoms with Gasteiger partial charge in [-0.15, -0.1) is 0 Å². The second kappa shape index (κ2) is 8.79. The number of methoxy groups -OCH3 is 1. The van der Waals surface area contributed by atoms with Crippen molar-refractivity contribution in [3.63, 3.8) is 0 Å². The largest absolute Gasteiger partial charge is 0.497 e. The van der Waals surface area contributed by atoms with Crippen molar-refractivity contribution in [3.8, 4) is 28.3 Å². The maximum atomic E-state index is 12.7. The number of nitrogens with zero attached hydrogens (tertiary/aromatic N) is 4. The van der Waals surface area contributed by atoms with Gasteiger partial charge in [0.05, 0.1) is 30.7 Å². The van der Waals surface area contributed by atoms with Gasteiger partial charge < -0.3 is 10.1 Å². The molecule has 4 aromatic rings. The van der Waals surface area contributed by atoms with Gasteiger partial charge in [-0.3, -0.25) is 9.48 Å². The molecule has 0 atom stereocenters. The lowest BCUT2D eigenvalue weighted by Crippen LogP contribution is -2.25. The Morgan fingerprint density at radius 2 is 1.65 bits per heavy atom. The molecule has 1 amide bonds. The smallest absolute Gasteiger partial charge is 0.269 e. The van der Waals surface area contributed by atoms with Gasteiger partial charge in [0.25, 0.3) is 5.91 Å². The molecular weight excluding hydrogens is 390 g/mol. The van der Waals surface area contributed by atoms with E-state index in [4.69, 9.17) is 4.74 Å². The van der Waals surface area contributed by atoms with Crippen LogP contribution in [-0.4, -0.2) is 32.8 Å². The minimum absolute atomic E-state index is 0.210. The SMILES string of the molecule is COc1ccc(-c2cc(CNC(=O)c3cc(-c4ccc(C)cc4)nn3C)ncn2)cc1. The third kappa shape index (κ3) is 4.61. The quantitative estimate of drug-likeness (QED) is 0.520. The summed E-state index contributed by atoms with van der Waals surface area (Å²) in [5.41, 5.74) is 5.84. The summed E-state index contributed by atoms with van der Waals surface area (Å²) < 4.78 is 6.78. The number of carbonyl (C=O) groups is 1. The number of aromatic nitrogens is 4. The molecule has 7 nitrogen and oxygen atoms in total. The summed E-state index contributed by atoms with van der Waals surface area (Å²) in [5, 5.41) is 7.39. The number of carbonyl (C=O) groups excluding carboxylic acids is 1. The van der Waals surface area contributed by atoms with Crippen LogP contribution in [0, 0.1) is 6.92 Å². The predicted octanol–water partition coefficient (Wildman–Crippen LogP) is 3.79. The second-order valence-corrected chi connectivity index (χ2v) is 7.21. The van der Waals surface area contributed by atoms with Crippen molar-refractivity contribution in [2.45, 2.75) is 13.5 Å². The molecule has 0 bridgehead atoms. The Labute approximate surface area is 180 Å². The van der Waals surface area contributed by atoms with E-state index in [2.05, 4.69) is 20.4 Å². The molecule has 0 unspecified atom stereocenters. The van der Waals surface area contributed by atoms with Gasteiger partial charge in [-0.2, -0.15) is 5.10 Å². The number of benzene rings is 2. The van der Waals surface area contributed by atoms with Gasteiger partial charge in [0.1, 0.15) is 17.8 Å². The monoisotopic (exact) mass is 413 g/mol. The first-order valence-corrected chi connectivity index (χ1v) is 9.88. The maximum absolute atomic E-state index is 12.7. The lowest BCUT2D eigenvalue weighted by Gasteiger charge is -2.07.